The summed E-state index contributed by atoms with van der Waals surface area (Å²) in [5.41, 5.74) is 2.48. The van der Waals surface area contributed by atoms with E-state index in [0.717, 1.165) is 44.3 Å². The van der Waals surface area contributed by atoms with Crippen LogP contribution in [0.5, 0.6) is 11.5 Å². The lowest BCUT2D eigenvalue weighted by Gasteiger charge is -2.38. The molecule has 11 heteroatoms. The van der Waals surface area contributed by atoms with Gasteiger partial charge in [-0.05, 0) is 85.1 Å². The molecule has 8 nitrogen and oxygen atoms in total. The Kier molecular flexibility index (Phi) is 9.76. The van der Waals surface area contributed by atoms with E-state index in [0.29, 0.717) is 28.4 Å². The van der Waals surface area contributed by atoms with Crippen LogP contribution in [0.15, 0.2) is 97.1 Å². The molecule has 5 rings (SSSR count). The maximum atomic E-state index is 14.5. The highest BCUT2D eigenvalue weighted by atomic mass is 32.2. The van der Waals surface area contributed by atoms with Crippen molar-refractivity contribution < 1.29 is 26.7 Å². The minimum absolute atomic E-state index is 0.0962. The number of hydrogen-bond acceptors (Lipinski definition) is 5. The lowest BCUT2D eigenvalue weighted by atomic mass is 10.0. The summed E-state index contributed by atoms with van der Waals surface area (Å²) < 4.78 is 59.0. The number of halogens is 2. The number of anilines is 2. The number of hydrogen-bond donors (Lipinski definition) is 2. The van der Waals surface area contributed by atoms with Crippen molar-refractivity contribution in [3.8, 4) is 11.5 Å². The van der Waals surface area contributed by atoms with Gasteiger partial charge < -0.3 is 15.0 Å². The van der Waals surface area contributed by atoms with E-state index in [4.69, 9.17) is 4.74 Å². The summed E-state index contributed by atoms with van der Waals surface area (Å²) >= 11 is 0. The van der Waals surface area contributed by atoms with Crippen molar-refractivity contribution in [2.24, 2.45) is 0 Å². The molecule has 44 heavy (non-hydrogen) atoms. The summed E-state index contributed by atoms with van der Waals surface area (Å²) in [6, 6.07) is 26.0. The van der Waals surface area contributed by atoms with Crippen LogP contribution >= 0.6 is 0 Å². The fourth-order valence-corrected chi connectivity index (χ4v) is 5.72. The van der Waals surface area contributed by atoms with Crippen LogP contribution in [0.25, 0.3) is 0 Å². The highest BCUT2D eigenvalue weighted by Gasteiger charge is 2.29. The average Bonchev–Trinajstić information content (AvgIpc) is 3.00. The van der Waals surface area contributed by atoms with Crippen LogP contribution in [0.2, 0.25) is 0 Å². The van der Waals surface area contributed by atoms with Crippen LogP contribution in [0.4, 0.5) is 25.0 Å². The Hall–Kier alpha value is -4.48. The van der Waals surface area contributed by atoms with Crippen LogP contribution in [0, 0.1) is 11.6 Å². The molecule has 1 heterocycles. The van der Waals surface area contributed by atoms with E-state index in [1.807, 2.05) is 24.3 Å². The lowest BCUT2D eigenvalue weighted by Crippen LogP contribution is -2.48. The third-order valence-corrected chi connectivity index (χ3v) is 7.98. The van der Waals surface area contributed by atoms with Gasteiger partial charge in [0.15, 0.2) is 0 Å². The first-order valence-electron chi connectivity index (χ1n) is 14.2. The Balaban J connectivity index is 1.17. The summed E-state index contributed by atoms with van der Waals surface area (Å²) in [4.78, 5) is 17.4. The molecule has 230 valence electrons. The van der Waals surface area contributed by atoms with E-state index in [2.05, 4.69) is 14.9 Å². The molecule has 0 saturated carbocycles. The predicted molar refractivity (Wildman–Crippen MR) is 167 cm³/mol. The minimum Gasteiger partial charge on any atom is -0.457 e. The van der Waals surface area contributed by atoms with E-state index in [1.165, 1.54) is 30.3 Å². The molecular weight excluding hydrogens is 586 g/mol. The second kappa shape index (κ2) is 13.9. The van der Waals surface area contributed by atoms with Crippen molar-refractivity contribution in [2.45, 2.75) is 32.0 Å². The van der Waals surface area contributed by atoms with Crippen molar-refractivity contribution in [1.29, 1.82) is 0 Å². The highest BCUT2D eigenvalue weighted by molar-refractivity contribution is 7.92. The summed E-state index contributed by atoms with van der Waals surface area (Å²) in [5, 5.41) is 2.84. The molecule has 1 aliphatic rings. The van der Waals surface area contributed by atoms with Crippen LogP contribution < -0.4 is 14.8 Å². The van der Waals surface area contributed by atoms with Crippen LogP contribution in [0.1, 0.15) is 24.0 Å². The van der Waals surface area contributed by atoms with Gasteiger partial charge >= 0.3 is 6.03 Å². The molecule has 1 fully saturated rings. The summed E-state index contributed by atoms with van der Waals surface area (Å²) in [6.45, 7) is 2.37. The molecule has 2 N–H and O–H groups in total. The zero-order valence-corrected chi connectivity index (χ0v) is 25.1. The Morgan fingerprint density at radius 3 is 2.07 bits per heavy atom. The van der Waals surface area contributed by atoms with Gasteiger partial charge in [0, 0.05) is 42.6 Å². The Morgan fingerprint density at radius 2 is 1.45 bits per heavy atom. The monoisotopic (exact) mass is 620 g/mol. The van der Waals surface area contributed by atoms with Crippen molar-refractivity contribution >= 4 is 27.4 Å². The summed E-state index contributed by atoms with van der Waals surface area (Å²) in [5.74, 6) is 0.490. The van der Waals surface area contributed by atoms with Gasteiger partial charge in [0.2, 0.25) is 10.0 Å². The number of carbonyl (C=O) groups is 1. The highest BCUT2D eigenvalue weighted by Crippen LogP contribution is 2.26. The molecular formula is C33H34F2N4O4S. The number of nitrogens with one attached hydrogen (secondary N) is 2. The van der Waals surface area contributed by atoms with Gasteiger partial charge in [-0.15, -0.1) is 0 Å². The number of carbonyl (C=O) groups excluding carboxylic acids is 1. The quantitative estimate of drug-likeness (QED) is 0.203. The number of rotatable bonds is 10. The molecule has 0 aliphatic carbocycles. The van der Waals surface area contributed by atoms with Crippen LogP contribution in [-0.4, -0.2) is 49.6 Å². The Morgan fingerprint density at radius 1 is 0.864 bits per heavy atom. The molecule has 1 aliphatic heterocycles. The standard InChI is InChI=1S/C33H34F2N4O4S/c1-44(41,42)37-28-12-16-31(17-13-28)43-30-14-6-24(7-15-30)22-38-20-18-29(19-21-38)39(23-25-4-2-3-5-32(25)35)33(40)36-27-10-8-26(34)9-11-27/h2-17,29,37H,18-23H2,1H3,(H,36,40). The third-order valence-electron chi connectivity index (χ3n) is 7.38. The molecule has 2 amide bonds. The number of nitrogens with zero attached hydrogens (tertiary/aromatic N) is 2. The van der Waals surface area contributed by atoms with Gasteiger partial charge in [0.25, 0.3) is 0 Å². The lowest BCUT2D eigenvalue weighted by molar-refractivity contribution is 0.119. The zero-order valence-electron chi connectivity index (χ0n) is 24.2. The first-order chi connectivity index (χ1) is 21.1. The molecule has 0 aromatic heterocycles. The summed E-state index contributed by atoms with van der Waals surface area (Å²) in [7, 11) is -3.34. The molecule has 1 saturated heterocycles. The maximum absolute atomic E-state index is 14.5. The normalized spacial score (nSPS) is 14.2. The molecule has 0 spiro atoms. The first kappa shape index (κ1) is 31.0. The van der Waals surface area contributed by atoms with E-state index >= 15 is 0 Å². The van der Waals surface area contributed by atoms with Crippen molar-refractivity contribution in [2.75, 3.05) is 29.4 Å². The number of amides is 2. The SMILES string of the molecule is CS(=O)(=O)Nc1ccc(Oc2ccc(CN3CCC(N(Cc4ccccc4F)C(=O)Nc4ccc(F)cc4)CC3)cc2)cc1. The van der Waals surface area contributed by atoms with Crippen molar-refractivity contribution in [1.82, 2.24) is 9.80 Å². The van der Waals surface area contributed by atoms with Gasteiger partial charge in [-0.3, -0.25) is 9.62 Å². The van der Waals surface area contributed by atoms with Gasteiger partial charge in [-0.1, -0.05) is 30.3 Å². The predicted octanol–water partition coefficient (Wildman–Crippen LogP) is 6.83. The number of piperidine rings is 1. The number of likely N-dealkylation sites (tertiary alicyclic amines) is 1. The molecule has 0 unspecified atom stereocenters. The number of sulfonamides is 1. The molecule has 0 bridgehead atoms. The number of ether oxygens (including phenoxy) is 1. The fraction of sp³-hybridized carbons (Fsp3) is 0.242. The van der Waals surface area contributed by atoms with Gasteiger partial charge in [0.1, 0.15) is 23.1 Å². The van der Waals surface area contributed by atoms with Crippen LogP contribution in [0.3, 0.4) is 0 Å². The Labute approximate surface area is 256 Å². The van der Waals surface area contributed by atoms with Crippen molar-refractivity contribution in [3.05, 3.63) is 120 Å². The smallest absolute Gasteiger partial charge is 0.322 e. The second-order valence-electron chi connectivity index (χ2n) is 10.8. The fourth-order valence-electron chi connectivity index (χ4n) is 5.16. The molecule has 0 atom stereocenters. The number of benzene rings is 4. The van der Waals surface area contributed by atoms with E-state index < -0.39 is 15.8 Å². The third kappa shape index (κ3) is 8.77. The van der Waals surface area contributed by atoms with E-state index in [1.54, 1.807) is 47.4 Å². The molecule has 4 aromatic rings. The largest absolute Gasteiger partial charge is 0.457 e. The second-order valence-corrected chi connectivity index (χ2v) is 12.6. The summed E-state index contributed by atoms with van der Waals surface area (Å²) in [6.07, 6.45) is 2.54. The van der Waals surface area contributed by atoms with Crippen molar-refractivity contribution in [3.63, 3.8) is 0 Å². The maximum Gasteiger partial charge on any atom is 0.322 e. The van der Waals surface area contributed by atoms with Gasteiger partial charge in [0.05, 0.1) is 12.8 Å². The number of urea groups is 1. The first-order valence-corrected chi connectivity index (χ1v) is 16.1. The zero-order chi connectivity index (χ0) is 31.1. The minimum atomic E-state index is -3.34. The van der Waals surface area contributed by atoms with Gasteiger partial charge in [-0.25, -0.2) is 22.0 Å². The topological polar surface area (TPSA) is 91.0 Å². The molecule has 4 aromatic carbocycles. The van der Waals surface area contributed by atoms with E-state index in [9.17, 15) is 22.0 Å². The average molecular weight is 621 g/mol. The molecule has 0 radical (unpaired) electrons. The Bertz CT molecular complexity index is 1660. The van der Waals surface area contributed by atoms with Gasteiger partial charge in [-0.2, -0.15) is 0 Å². The van der Waals surface area contributed by atoms with Crippen LogP contribution in [-0.2, 0) is 23.1 Å². The van der Waals surface area contributed by atoms with E-state index in [-0.39, 0.29) is 24.4 Å².